The highest BCUT2D eigenvalue weighted by atomic mass is 16.6. The number of anilines is 1. The Hall–Kier alpha value is -3.26. The number of rotatable bonds is 5. The lowest BCUT2D eigenvalue weighted by atomic mass is 10.0. The Balaban J connectivity index is 1.66. The summed E-state index contributed by atoms with van der Waals surface area (Å²) >= 11 is 0. The summed E-state index contributed by atoms with van der Waals surface area (Å²) < 4.78 is 5.09. The third-order valence-electron chi connectivity index (χ3n) is 4.39. The van der Waals surface area contributed by atoms with Crippen LogP contribution in [0.1, 0.15) is 27.9 Å². The van der Waals surface area contributed by atoms with E-state index in [0.29, 0.717) is 30.6 Å². The molecule has 0 atom stereocenters. The molecule has 1 N–H and O–H groups in total. The van der Waals surface area contributed by atoms with Crippen molar-refractivity contribution in [3.63, 3.8) is 0 Å². The van der Waals surface area contributed by atoms with Crippen LogP contribution in [0.3, 0.4) is 0 Å². The van der Waals surface area contributed by atoms with Gasteiger partial charge in [-0.3, -0.25) is 14.9 Å². The second-order valence-corrected chi connectivity index (χ2v) is 6.15. The number of nitro groups is 1. The van der Waals surface area contributed by atoms with Crippen molar-refractivity contribution >= 4 is 23.3 Å². The maximum atomic E-state index is 12.5. The zero-order chi connectivity index (χ0) is 19.4. The third kappa shape index (κ3) is 4.12. The SMILES string of the molecule is O=C(OCC(=O)N1CCCc2cc([N+](=O)[O-])ccc21)c1ccc(CO)cc1. The first-order valence-corrected chi connectivity index (χ1v) is 8.44. The fourth-order valence-corrected chi connectivity index (χ4v) is 2.99. The Labute approximate surface area is 155 Å². The van der Waals surface area contributed by atoms with Gasteiger partial charge in [0.1, 0.15) is 0 Å². The van der Waals surface area contributed by atoms with E-state index >= 15 is 0 Å². The zero-order valence-corrected chi connectivity index (χ0v) is 14.5. The number of hydrogen-bond donors (Lipinski definition) is 1. The summed E-state index contributed by atoms with van der Waals surface area (Å²) in [4.78, 5) is 36.5. The molecule has 8 nitrogen and oxygen atoms in total. The first-order chi connectivity index (χ1) is 13.0. The largest absolute Gasteiger partial charge is 0.452 e. The van der Waals surface area contributed by atoms with Gasteiger partial charge >= 0.3 is 5.97 Å². The van der Waals surface area contributed by atoms with Crippen LogP contribution in [0.4, 0.5) is 11.4 Å². The lowest BCUT2D eigenvalue weighted by molar-refractivity contribution is -0.384. The number of amides is 1. The standard InChI is InChI=1S/C19H18N2O6/c22-11-13-3-5-14(6-4-13)19(24)27-12-18(23)20-9-1-2-15-10-16(21(25)26)7-8-17(15)20/h3-8,10,22H,1-2,9,11-12H2. The smallest absolute Gasteiger partial charge is 0.338 e. The lowest BCUT2D eigenvalue weighted by Crippen LogP contribution is -2.38. The van der Waals surface area contributed by atoms with Crippen LogP contribution in [0, 0.1) is 10.1 Å². The van der Waals surface area contributed by atoms with Crippen molar-refractivity contribution in [1.29, 1.82) is 0 Å². The number of nitro benzene ring substituents is 1. The van der Waals surface area contributed by atoms with Crippen molar-refractivity contribution in [2.45, 2.75) is 19.4 Å². The van der Waals surface area contributed by atoms with Gasteiger partial charge in [0.25, 0.3) is 11.6 Å². The summed E-state index contributed by atoms with van der Waals surface area (Å²) in [5, 5.41) is 19.9. The molecular formula is C19H18N2O6. The molecule has 2 aromatic carbocycles. The summed E-state index contributed by atoms with van der Waals surface area (Å²) in [5.41, 5.74) is 2.28. The molecule has 27 heavy (non-hydrogen) atoms. The van der Waals surface area contributed by atoms with Crippen molar-refractivity contribution in [2.75, 3.05) is 18.1 Å². The van der Waals surface area contributed by atoms with Crippen molar-refractivity contribution in [2.24, 2.45) is 0 Å². The molecule has 0 aliphatic carbocycles. The van der Waals surface area contributed by atoms with E-state index in [2.05, 4.69) is 0 Å². The number of carbonyl (C=O) groups excluding carboxylic acids is 2. The van der Waals surface area contributed by atoms with Gasteiger partial charge in [-0.05, 0) is 42.2 Å². The molecule has 1 amide bonds. The monoisotopic (exact) mass is 370 g/mol. The highest BCUT2D eigenvalue weighted by Crippen LogP contribution is 2.30. The predicted molar refractivity (Wildman–Crippen MR) is 96.4 cm³/mol. The van der Waals surface area contributed by atoms with Gasteiger partial charge in [0, 0.05) is 24.4 Å². The van der Waals surface area contributed by atoms with E-state index in [0.717, 1.165) is 5.56 Å². The van der Waals surface area contributed by atoms with Gasteiger partial charge in [-0.2, -0.15) is 0 Å². The average molecular weight is 370 g/mol. The maximum absolute atomic E-state index is 12.5. The van der Waals surface area contributed by atoms with Crippen LogP contribution in [-0.2, 0) is 22.6 Å². The second kappa shape index (κ2) is 7.96. The van der Waals surface area contributed by atoms with Crippen LogP contribution < -0.4 is 4.90 Å². The number of aliphatic hydroxyl groups is 1. The minimum atomic E-state index is -0.631. The fourth-order valence-electron chi connectivity index (χ4n) is 2.99. The Morgan fingerprint density at radius 2 is 1.93 bits per heavy atom. The molecule has 0 spiro atoms. The van der Waals surface area contributed by atoms with Gasteiger partial charge < -0.3 is 14.7 Å². The normalized spacial score (nSPS) is 13.0. The van der Waals surface area contributed by atoms with Crippen LogP contribution >= 0.6 is 0 Å². The van der Waals surface area contributed by atoms with Crippen LogP contribution in [0.25, 0.3) is 0 Å². The van der Waals surface area contributed by atoms with Gasteiger partial charge in [0.2, 0.25) is 0 Å². The number of hydrogen-bond acceptors (Lipinski definition) is 6. The first-order valence-electron chi connectivity index (χ1n) is 8.44. The van der Waals surface area contributed by atoms with Gasteiger partial charge in [0.15, 0.2) is 6.61 Å². The molecule has 1 heterocycles. The Morgan fingerprint density at radius 1 is 1.19 bits per heavy atom. The topological polar surface area (TPSA) is 110 Å². The van der Waals surface area contributed by atoms with E-state index < -0.39 is 17.5 Å². The highest BCUT2D eigenvalue weighted by molar-refractivity contribution is 5.98. The molecule has 0 saturated heterocycles. The summed E-state index contributed by atoms with van der Waals surface area (Å²) in [7, 11) is 0. The Kier molecular flexibility index (Phi) is 5.46. The summed E-state index contributed by atoms with van der Waals surface area (Å²) in [5.74, 6) is -1.01. The average Bonchev–Trinajstić information content (AvgIpc) is 2.70. The number of esters is 1. The van der Waals surface area contributed by atoms with Gasteiger partial charge in [-0.1, -0.05) is 12.1 Å². The number of nitrogens with zero attached hydrogens (tertiary/aromatic N) is 2. The van der Waals surface area contributed by atoms with Gasteiger partial charge in [0.05, 0.1) is 17.1 Å². The van der Waals surface area contributed by atoms with E-state index in [-0.39, 0.29) is 23.8 Å². The molecule has 0 unspecified atom stereocenters. The number of fused-ring (bicyclic) bond motifs is 1. The van der Waals surface area contributed by atoms with Crippen LogP contribution in [-0.4, -0.2) is 35.1 Å². The zero-order valence-electron chi connectivity index (χ0n) is 14.5. The predicted octanol–water partition coefficient (Wildman–Crippen LogP) is 2.22. The molecule has 3 rings (SSSR count). The van der Waals surface area contributed by atoms with E-state index in [4.69, 9.17) is 9.84 Å². The Bertz CT molecular complexity index is 878. The molecule has 0 saturated carbocycles. The molecule has 0 radical (unpaired) electrons. The molecule has 8 heteroatoms. The molecular weight excluding hydrogens is 352 g/mol. The van der Waals surface area contributed by atoms with E-state index in [1.54, 1.807) is 18.2 Å². The molecule has 0 fully saturated rings. The summed E-state index contributed by atoms with van der Waals surface area (Å²) in [6, 6.07) is 10.6. The molecule has 0 bridgehead atoms. The van der Waals surface area contributed by atoms with Crippen LogP contribution in [0.15, 0.2) is 42.5 Å². The third-order valence-corrected chi connectivity index (χ3v) is 4.39. The van der Waals surface area contributed by atoms with Crippen LogP contribution in [0.5, 0.6) is 0 Å². The minimum Gasteiger partial charge on any atom is -0.452 e. The number of ether oxygens (including phenoxy) is 1. The molecule has 0 aromatic heterocycles. The molecule has 2 aromatic rings. The molecule has 1 aliphatic rings. The quantitative estimate of drug-likeness (QED) is 0.491. The fraction of sp³-hybridized carbons (Fsp3) is 0.263. The number of aliphatic hydroxyl groups excluding tert-OH is 1. The van der Waals surface area contributed by atoms with Crippen molar-refractivity contribution in [1.82, 2.24) is 0 Å². The summed E-state index contributed by atoms with van der Waals surface area (Å²) in [6.45, 7) is -0.0796. The van der Waals surface area contributed by atoms with Crippen molar-refractivity contribution in [3.05, 3.63) is 69.3 Å². The van der Waals surface area contributed by atoms with E-state index in [1.807, 2.05) is 0 Å². The molecule has 1 aliphatic heterocycles. The van der Waals surface area contributed by atoms with E-state index in [1.165, 1.54) is 29.2 Å². The highest BCUT2D eigenvalue weighted by Gasteiger charge is 2.25. The number of aryl methyl sites for hydroxylation is 1. The van der Waals surface area contributed by atoms with Gasteiger partial charge in [-0.15, -0.1) is 0 Å². The van der Waals surface area contributed by atoms with Crippen molar-refractivity contribution in [3.8, 4) is 0 Å². The lowest BCUT2D eigenvalue weighted by Gasteiger charge is -2.29. The first kappa shape index (κ1) is 18.5. The Morgan fingerprint density at radius 3 is 2.59 bits per heavy atom. The van der Waals surface area contributed by atoms with Gasteiger partial charge in [-0.25, -0.2) is 4.79 Å². The van der Waals surface area contributed by atoms with E-state index in [9.17, 15) is 19.7 Å². The van der Waals surface area contributed by atoms with Crippen LogP contribution in [0.2, 0.25) is 0 Å². The number of carbonyl (C=O) groups is 2. The maximum Gasteiger partial charge on any atom is 0.338 e. The summed E-state index contributed by atoms with van der Waals surface area (Å²) in [6.07, 6.45) is 1.33. The number of non-ortho nitro benzene ring substituents is 1. The second-order valence-electron chi connectivity index (χ2n) is 6.15. The number of benzene rings is 2. The van der Waals surface area contributed by atoms with Crippen molar-refractivity contribution < 1.29 is 24.4 Å². The molecule has 140 valence electrons. The minimum absolute atomic E-state index is 0.0131.